The molecule has 194 valence electrons. The van der Waals surface area contributed by atoms with Gasteiger partial charge in [-0.15, -0.1) is 0 Å². The number of benzene rings is 1. The van der Waals surface area contributed by atoms with Gasteiger partial charge >= 0.3 is 0 Å². The van der Waals surface area contributed by atoms with Crippen molar-refractivity contribution in [2.24, 2.45) is 22.9 Å². The lowest BCUT2D eigenvalue weighted by atomic mass is 9.84. The lowest BCUT2D eigenvalue weighted by Gasteiger charge is -2.38. The van der Waals surface area contributed by atoms with Crippen molar-refractivity contribution in [1.29, 1.82) is 0 Å². The van der Waals surface area contributed by atoms with E-state index in [1.807, 2.05) is 0 Å². The molecule has 5 unspecified atom stereocenters. The van der Waals surface area contributed by atoms with Crippen molar-refractivity contribution in [1.82, 2.24) is 14.9 Å². The molecule has 2 aliphatic rings. The molecule has 1 saturated carbocycles. The van der Waals surface area contributed by atoms with Gasteiger partial charge in [0.1, 0.15) is 11.6 Å². The van der Waals surface area contributed by atoms with Gasteiger partial charge in [-0.25, -0.2) is 9.37 Å². The molecule has 1 aliphatic heterocycles. The van der Waals surface area contributed by atoms with Crippen molar-refractivity contribution in [2.75, 3.05) is 20.1 Å². The number of aromatic nitrogens is 2. The van der Waals surface area contributed by atoms with E-state index >= 15 is 4.39 Å². The van der Waals surface area contributed by atoms with Crippen LogP contribution in [0.25, 0.3) is 0 Å². The van der Waals surface area contributed by atoms with Crippen LogP contribution >= 0.6 is 11.6 Å². The summed E-state index contributed by atoms with van der Waals surface area (Å²) in [5.74, 6) is 0.523. The second kappa shape index (κ2) is 11.3. The SMILES string of the molecule is Cc1nc2n(c(=O)c1C)CC(C1CCCC(C(CN=O)C[N+](C)=O)CC1)NC2c1ccc(Cl)cc1F. The van der Waals surface area contributed by atoms with Crippen LogP contribution in [0.1, 0.15) is 60.8 Å². The highest BCUT2D eigenvalue weighted by atomic mass is 35.5. The molecule has 1 aliphatic carbocycles. The fourth-order valence-electron chi connectivity index (χ4n) is 5.98. The Morgan fingerprint density at radius 3 is 2.75 bits per heavy atom. The van der Waals surface area contributed by atoms with E-state index in [0.717, 1.165) is 36.9 Å². The zero-order valence-corrected chi connectivity index (χ0v) is 21.8. The number of halogens is 2. The summed E-state index contributed by atoms with van der Waals surface area (Å²) in [6.45, 7) is 4.49. The molecule has 4 rings (SSSR count). The molecule has 2 aromatic rings. The molecular weight excluding hydrogens is 485 g/mol. The normalized spacial score (nSPS) is 25.0. The average molecular weight is 519 g/mol. The Balaban J connectivity index is 1.63. The van der Waals surface area contributed by atoms with E-state index in [-0.39, 0.29) is 35.9 Å². The van der Waals surface area contributed by atoms with E-state index in [4.69, 9.17) is 16.6 Å². The Labute approximate surface area is 215 Å². The fraction of sp³-hybridized carbons (Fsp3) is 0.615. The summed E-state index contributed by atoms with van der Waals surface area (Å²) in [6, 6.07) is 3.97. The van der Waals surface area contributed by atoms with Gasteiger partial charge in [-0.05, 0) is 68.3 Å². The molecule has 0 amide bonds. The van der Waals surface area contributed by atoms with Crippen LogP contribution in [-0.2, 0) is 6.54 Å². The van der Waals surface area contributed by atoms with Crippen LogP contribution in [0.15, 0.2) is 28.2 Å². The van der Waals surface area contributed by atoms with Crippen molar-refractivity contribution in [2.45, 2.75) is 64.6 Å². The molecule has 2 heterocycles. The molecule has 8 nitrogen and oxygen atoms in total. The minimum absolute atomic E-state index is 0.0530. The monoisotopic (exact) mass is 518 g/mol. The molecule has 1 fully saturated rings. The molecule has 0 radical (unpaired) electrons. The van der Waals surface area contributed by atoms with E-state index in [2.05, 4.69) is 10.5 Å². The first-order valence-corrected chi connectivity index (χ1v) is 13.0. The maximum absolute atomic E-state index is 15.1. The average Bonchev–Trinajstić information content (AvgIpc) is 3.08. The van der Waals surface area contributed by atoms with Crippen LogP contribution in [0.5, 0.6) is 0 Å². The van der Waals surface area contributed by atoms with E-state index in [1.165, 1.54) is 13.1 Å². The summed E-state index contributed by atoms with van der Waals surface area (Å²) in [7, 11) is 1.48. The summed E-state index contributed by atoms with van der Waals surface area (Å²) in [6.07, 6.45) is 4.60. The molecule has 1 aromatic carbocycles. The van der Waals surface area contributed by atoms with Crippen LogP contribution in [0.3, 0.4) is 0 Å². The first-order chi connectivity index (χ1) is 17.2. The Morgan fingerprint density at radius 1 is 1.28 bits per heavy atom. The van der Waals surface area contributed by atoms with Crippen molar-refractivity contribution >= 4 is 11.6 Å². The van der Waals surface area contributed by atoms with Crippen LogP contribution < -0.4 is 10.9 Å². The number of hydrogen-bond donors (Lipinski definition) is 1. The van der Waals surface area contributed by atoms with Gasteiger partial charge in [-0.2, -0.15) is 4.91 Å². The zero-order chi connectivity index (χ0) is 26.0. The molecule has 5 atom stereocenters. The van der Waals surface area contributed by atoms with Gasteiger partial charge in [0.2, 0.25) is 0 Å². The summed E-state index contributed by atoms with van der Waals surface area (Å²) >= 11 is 6.01. The third kappa shape index (κ3) is 5.57. The number of aryl methyl sites for hydroxylation is 1. The molecule has 0 saturated heterocycles. The third-order valence-electron chi connectivity index (χ3n) is 8.05. The first-order valence-electron chi connectivity index (χ1n) is 12.7. The van der Waals surface area contributed by atoms with E-state index in [0.29, 0.717) is 40.8 Å². The van der Waals surface area contributed by atoms with Crippen molar-refractivity contribution < 1.29 is 9.15 Å². The first kappa shape index (κ1) is 26.5. The molecule has 36 heavy (non-hydrogen) atoms. The molecule has 1 N–H and O–H groups in total. The van der Waals surface area contributed by atoms with Gasteiger partial charge in [0.05, 0.1) is 12.6 Å². The Kier molecular flexibility index (Phi) is 8.30. The summed E-state index contributed by atoms with van der Waals surface area (Å²) in [5, 5.41) is 7.03. The van der Waals surface area contributed by atoms with Crippen LogP contribution in [0, 0.1) is 47.2 Å². The standard InChI is InChI=1S/C26H34ClFN5O3/c1-15-16(2)30-25-24(21-10-9-20(27)11-22(21)28)31-23(14-33(25)26(15)34)18-6-4-5-17(7-8-18)19(12-29-35)13-32(3)36/h9-11,17-19,23-24,31H,4-8,12-14H2,1-3H3/q+1. The van der Waals surface area contributed by atoms with Gasteiger partial charge in [-0.1, -0.05) is 29.3 Å². The number of nitroso groups, excluding NO2 is 2. The molecule has 0 bridgehead atoms. The van der Waals surface area contributed by atoms with E-state index in [9.17, 15) is 14.6 Å². The minimum atomic E-state index is -0.576. The number of rotatable bonds is 7. The van der Waals surface area contributed by atoms with E-state index < -0.39 is 11.9 Å². The number of fused-ring (bicyclic) bond motifs is 1. The highest BCUT2D eigenvalue weighted by Crippen LogP contribution is 2.37. The minimum Gasteiger partial charge on any atom is -0.299 e. The largest absolute Gasteiger partial charge is 0.299 e. The van der Waals surface area contributed by atoms with Gasteiger partial charge < -0.3 is 0 Å². The van der Waals surface area contributed by atoms with Gasteiger partial charge in [0, 0.05) is 45.3 Å². The lowest BCUT2D eigenvalue weighted by Crippen LogP contribution is -2.51. The quantitative estimate of drug-likeness (QED) is 0.325. The van der Waals surface area contributed by atoms with Crippen LogP contribution in [0.2, 0.25) is 5.02 Å². The van der Waals surface area contributed by atoms with E-state index in [1.54, 1.807) is 30.5 Å². The molecule has 10 heteroatoms. The summed E-state index contributed by atoms with van der Waals surface area (Å²) in [4.78, 5) is 40.6. The zero-order valence-electron chi connectivity index (χ0n) is 21.0. The molecular formula is C26H34ClFN5O3+. The summed E-state index contributed by atoms with van der Waals surface area (Å²) in [5.41, 5.74) is 1.56. The molecule has 1 aromatic heterocycles. The third-order valence-corrected chi connectivity index (χ3v) is 8.29. The maximum Gasteiger partial charge on any atom is 0.256 e. The Morgan fingerprint density at radius 2 is 2.06 bits per heavy atom. The Bertz CT molecular complexity index is 1200. The highest BCUT2D eigenvalue weighted by Gasteiger charge is 2.37. The molecule has 0 spiro atoms. The summed E-state index contributed by atoms with van der Waals surface area (Å²) < 4.78 is 17.6. The predicted octanol–water partition coefficient (Wildman–Crippen LogP) is 4.70. The van der Waals surface area contributed by atoms with Crippen molar-refractivity contribution in [3.8, 4) is 0 Å². The number of nitrogens with one attached hydrogen (secondary N) is 1. The topological polar surface area (TPSA) is 96.4 Å². The smallest absolute Gasteiger partial charge is 0.256 e. The maximum atomic E-state index is 15.1. The highest BCUT2D eigenvalue weighted by molar-refractivity contribution is 6.30. The van der Waals surface area contributed by atoms with Gasteiger partial charge in [0.15, 0.2) is 13.6 Å². The van der Waals surface area contributed by atoms with Gasteiger partial charge in [-0.3, -0.25) is 14.7 Å². The van der Waals surface area contributed by atoms with Crippen molar-refractivity contribution in [3.63, 3.8) is 0 Å². The lowest BCUT2D eigenvalue weighted by molar-refractivity contribution is -0.527. The van der Waals surface area contributed by atoms with Gasteiger partial charge in [0.25, 0.3) is 5.56 Å². The van der Waals surface area contributed by atoms with Crippen molar-refractivity contribution in [3.05, 3.63) is 71.9 Å². The van der Waals surface area contributed by atoms with Crippen LogP contribution in [0.4, 0.5) is 4.39 Å². The fourth-order valence-corrected chi connectivity index (χ4v) is 6.14. The number of nitrogens with zero attached hydrogens (tertiary/aromatic N) is 4. The van der Waals surface area contributed by atoms with Crippen LogP contribution in [-0.4, -0.2) is 40.5 Å². The second-order valence-electron chi connectivity index (χ2n) is 10.4. The second-order valence-corrected chi connectivity index (χ2v) is 10.8. The predicted molar refractivity (Wildman–Crippen MR) is 137 cm³/mol. The Hall–Kier alpha value is -2.52. The number of hydrogen-bond acceptors (Lipinski definition) is 6.